The molecule has 2 N–H and O–H groups in total. The third-order valence-electron chi connectivity index (χ3n) is 3.50. The predicted molar refractivity (Wildman–Crippen MR) is 66.5 cm³/mol. The van der Waals surface area contributed by atoms with Crippen molar-refractivity contribution < 1.29 is 23.5 Å². The van der Waals surface area contributed by atoms with Crippen LogP contribution in [0.1, 0.15) is 13.3 Å². The Bertz CT molecular complexity index is 540. The van der Waals surface area contributed by atoms with Crippen LogP contribution in [-0.2, 0) is 4.74 Å². The second-order valence-electron chi connectivity index (χ2n) is 4.73. The van der Waals surface area contributed by atoms with Crippen LogP contribution in [0.4, 0.5) is 20.2 Å². The number of hydrogen-bond acceptors (Lipinski definition) is 5. The number of rotatable bonds is 4. The lowest BCUT2D eigenvalue weighted by Gasteiger charge is -2.26. The second-order valence-corrected chi connectivity index (χ2v) is 4.73. The Balaban J connectivity index is 2.25. The highest BCUT2D eigenvalue weighted by molar-refractivity contribution is 5.62. The summed E-state index contributed by atoms with van der Waals surface area (Å²) in [5, 5.41) is 23.5. The van der Waals surface area contributed by atoms with Gasteiger partial charge in [-0.2, -0.15) is 0 Å². The van der Waals surface area contributed by atoms with E-state index in [0.717, 1.165) is 6.07 Å². The molecule has 0 saturated carbocycles. The van der Waals surface area contributed by atoms with E-state index in [1.165, 1.54) is 0 Å². The van der Waals surface area contributed by atoms with Crippen molar-refractivity contribution in [3.05, 3.63) is 33.9 Å². The number of nitro groups is 1. The molecule has 0 bridgehead atoms. The molecule has 0 radical (unpaired) electrons. The average Bonchev–Trinajstić information content (AvgIpc) is 2.71. The van der Waals surface area contributed by atoms with E-state index in [9.17, 15) is 24.0 Å². The maximum atomic E-state index is 13.7. The van der Waals surface area contributed by atoms with Crippen molar-refractivity contribution in [3.8, 4) is 0 Å². The largest absolute Gasteiger partial charge is 0.385 e. The normalized spacial score (nSPS) is 25.7. The van der Waals surface area contributed by atoms with Crippen LogP contribution in [-0.4, -0.2) is 34.9 Å². The molecule has 0 aromatic heterocycles. The van der Waals surface area contributed by atoms with Crippen LogP contribution < -0.4 is 5.32 Å². The third kappa shape index (κ3) is 2.56. The molecule has 8 heteroatoms. The summed E-state index contributed by atoms with van der Waals surface area (Å²) in [5.74, 6) is -2.53. The molecule has 6 nitrogen and oxygen atoms in total. The first kappa shape index (κ1) is 14.6. The van der Waals surface area contributed by atoms with Gasteiger partial charge in [0, 0.05) is 25.6 Å². The lowest BCUT2D eigenvalue weighted by atomic mass is 9.96. The predicted octanol–water partition coefficient (Wildman–Crippen LogP) is 1.82. The van der Waals surface area contributed by atoms with Crippen LogP contribution in [0.25, 0.3) is 0 Å². The van der Waals surface area contributed by atoms with Gasteiger partial charge in [-0.3, -0.25) is 10.1 Å². The number of ether oxygens (including phenoxy) is 1. The van der Waals surface area contributed by atoms with Gasteiger partial charge in [0.2, 0.25) is 0 Å². The number of nitrogens with zero attached hydrogens (tertiary/aromatic N) is 1. The van der Waals surface area contributed by atoms with Gasteiger partial charge in [0.05, 0.1) is 11.0 Å². The van der Waals surface area contributed by atoms with Crippen molar-refractivity contribution in [1.29, 1.82) is 0 Å². The summed E-state index contributed by atoms with van der Waals surface area (Å²) in [6.07, 6.45) is -0.183. The van der Waals surface area contributed by atoms with Gasteiger partial charge >= 0.3 is 0 Å². The Kier molecular flexibility index (Phi) is 3.87. The van der Waals surface area contributed by atoms with Gasteiger partial charge < -0.3 is 15.2 Å². The molecule has 2 atom stereocenters. The molecule has 1 aliphatic heterocycles. The number of aliphatic hydroxyl groups is 1. The Morgan fingerprint density at radius 2 is 2.30 bits per heavy atom. The molecule has 110 valence electrons. The summed E-state index contributed by atoms with van der Waals surface area (Å²) in [6.45, 7) is 1.81. The quantitative estimate of drug-likeness (QED) is 0.652. The van der Waals surface area contributed by atoms with E-state index in [-0.39, 0.29) is 6.54 Å². The zero-order valence-electron chi connectivity index (χ0n) is 10.7. The van der Waals surface area contributed by atoms with E-state index < -0.39 is 39.6 Å². The first-order chi connectivity index (χ1) is 9.35. The van der Waals surface area contributed by atoms with Crippen LogP contribution in [0.3, 0.4) is 0 Å². The first-order valence-electron chi connectivity index (χ1n) is 6.05. The minimum atomic E-state index is -1.34. The fraction of sp³-hybridized carbons (Fsp3) is 0.500. The van der Waals surface area contributed by atoms with Crippen LogP contribution >= 0.6 is 0 Å². The van der Waals surface area contributed by atoms with Crippen molar-refractivity contribution in [2.24, 2.45) is 0 Å². The Labute approximate surface area is 113 Å². The minimum absolute atomic E-state index is 0.171. The summed E-state index contributed by atoms with van der Waals surface area (Å²) in [4.78, 5) is 10.00. The molecule has 1 fully saturated rings. The third-order valence-corrected chi connectivity index (χ3v) is 3.50. The second kappa shape index (κ2) is 5.29. The number of benzene rings is 1. The summed E-state index contributed by atoms with van der Waals surface area (Å²) in [5.41, 5.74) is -2.42. The lowest BCUT2D eigenvalue weighted by molar-refractivity contribution is -0.384. The van der Waals surface area contributed by atoms with E-state index in [0.29, 0.717) is 19.1 Å². The molecular formula is C12H14F2N2O4. The molecule has 0 amide bonds. The molecular weight excluding hydrogens is 274 g/mol. The van der Waals surface area contributed by atoms with Gasteiger partial charge in [-0.15, -0.1) is 0 Å². The van der Waals surface area contributed by atoms with Crippen LogP contribution in [0, 0.1) is 21.7 Å². The molecule has 0 aliphatic carbocycles. The fourth-order valence-corrected chi connectivity index (χ4v) is 2.11. The maximum absolute atomic E-state index is 13.7. The van der Waals surface area contributed by atoms with Crippen molar-refractivity contribution in [3.63, 3.8) is 0 Å². The molecule has 0 spiro atoms. The minimum Gasteiger partial charge on any atom is -0.385 e. The van der Waals surface area contributed by atoms with E-state index in [4.69, 9.17) is 4.74 Å². The SMILES string of the molecule is CC1OCCC1(O)CNc1c([N+](=O)[O-])ccc(F)c1F. The monoisotopic (exact) mass is 288 g/mol. The fourth-order valence-electron chi connectivity index (χ4n) is 2.11. The standard InChI is InChI=1S/C12H14F2N2O4/c1-7-12(17,4-5-20-7)6-15-11-9(16(18)19)3-2-8(13)10(11)14/h2-3,7,15,17H,4-6H2,1H3. The molecule has 20 heavy (non-hydrogen) atoms. The zero-order chi connectivity index (χ0) is 14.9. The Morgan fingerprint density at radius 3 is 2.85 bits per heavy atom. The number of halogens is 2. The van der Waals surface area contributed by atoms with Gasteiger partial charge in [-0.05, 0) is 13.0 Å². The topological polar surface area (TPSA) is 84.6 Å². The molecule has 1 heterocycles. The summed E-state index contributed by atoms with van der Waals surface area (Å²) in [6, 6.07) is 1.56. The van der Waals surface area contributed by atoms with Gasteiger partial charge in [0.25, 0.3) is 5.69 Å². The number of nitrogens with one attached hydrogen (secondary N) is 1. The number of anilines is 1. The summed E-state index contributed by atoms with van der Waals surface area (Å²) < 4.78 is 32.0. The maximum Gasteiger partial charge on any atom is 0.295 e. The first-order valence-corrected chi connectivity index (χ1v) is 6.05. The molecule has 2 rings (SSSR count). The van der Waals surface area contributed by atoms with Crippen LogP contribution in [0.2, 0.25) is 0 Å². The Hall–Kier alpha value is -1.80. The zero-order valence-corrected chi connectivity index (χ0v) is 10.7. The van der Waals surface area contributed by atoms with Crippen molar-refractivity contribution in [1.82, 2.24) is 0 Å². The van der Waals surface area contributed by atoms with Crippen LogP contribution in [0.5, 0.6) is 0 Å². The van der Waals surface area contributed by atoms with E-state index in [1.807, 2.05) is 0 Å². The average molecular weight is 288 g/mol. The van der Waals surface area contributed by atoms with Crippen molar-refractivity contribution in [2.45, 2.75) is 25.0 Å². The summed E-state index contributed by atoms with van der Waals surface area (Å²) in [7, 11) is 0. The molecule has 1 aromatic carbocycles. The van der Waals surface area contributed by atoms with E-state index in [1.54, 1.807) is 6.92 Å². The highest BCUT2D eigenvalue weighted by Gasteiger charge is 2.40. The molecule has 1 aliphatic rings. The smallest absolute Gasteiger partial charge is 0.295 e. The molecule has 2 unspecified atom stereocenters. The Morgan fingerprint density at radius 1 is 1.60 bits per heavy atom. The highest BCUT2D eigenvalue weighted by atomic mass is 19.2. The van der Waals surface area contributed by atoms with Gasteiger partial charge in [0.15, 0.2) is 17.3 Å². The molecule has 1 saturated heterocycles. The van der Waals surface area contributed by atoms with Gasteiger partial charge in [-0.25, -0.2) is 8.78 Å². The molecule has 1 aromatic rings. The van der Waals surface area contributed by atoms with Crippen LogP contribution in [0.15, 0.2) is 12.1 Å². The van der Waals surface area contributed by atoms with E-state index in [2.05, 4.69) is 5.32 Å². The lowest BCUT2D eigenvalue weighted by Crippen LogP contribution is -2.43. The van der Waals surface area contributed by atoms with Gasteiger partial charge in [-0.1, -0.05) is 0 Å². The summed E-state index contributed by atoms with van der Waals surface area (Å²) >= 11 is 0. The van der Waals surface area contributed by atoms with Gasteiger partial charge in [0.1, 0.15) is 5.60 Å². The highest BCUT2D eigenvalue weighted by Crippen LogP contribution is 2.31. The van der Waals surface area contributed by atoms with Crippen molar-refractivity contribution in [2.75, 3.05) is 18.5 Å². The number of hydrogen-bond donors (Lipinski definition) is 2. The van der Waals surface area contributed by atoms with E-state index >= 15 is 0 Å². The van der Waals surface area contributed by atoms with Crippen molar-refractivity contribution >= 4 is 11.4 Å². The number of nitro benzene ring substituents is 1.